The molecule has 1 aliphatic carbocycles. The standard InChI is InChI=1S/C15H20N4/c1-11-17-12(2)19(18-11)10-14-5-3-13(4-6-14)9-16-15-7-8-15/h3-6,15-16H,7-10H2,1-2H3. The predicted molar refractivity (Wildman–Crippen MR) is 74.9 cm³/mol. The van der Waals surface area contributed by atoms with Crippen LogP contribution in [-0.4, -0.2) is 20.8 Å². The summed E-state index contributed by atoms with van der Waals surface area (Å²) in [6, 6.07) is 9.52. The van der Waals surface area contributed by atoms with E-state index < -0.39 is 0 Å². The number of benzene rings is 1. The van der Waals surface area contributed by atoms with Gasteiger partial charge in [-0.3, -0.25) is 0 Å². The zero-order valence-corrected chi connectivity index (χ0v) is 11.6. The van der Waals surface area contributed by atoms with Crippen LogP contribution in [0.3, 0.4) is 0 Å². The van der Waals surface area contributed by atoms with Crippen molar-refractivity contribution < 1.29 is 0 Å². The van der Waals surface area contributed by atoms with E-state index in [2.05, 4.69) is 39.7 Å². The Hall–Kier alpha value is -1.68. The molecule has 0 spiro atoms. The monoisotopic (exact) mass is 256 g/mol. The van der Waals surface area contributed by atoms with E-state index in [-0.39, 0.29) is 0 Å². The van der Waals surface area contributed by atoms with Crippen molar-refractivity contribution in [1.29, 1.82) is 0 Å². The lowest BCUT2D eigenvalue weighted by molar-refractivity contribution is 0.655. The lowest BCUT2D eigenvalue weighted by Gasteiger charge is -2.06. The first-order valence-electron chi connectivity index (χ1n) is 6.90. The van der Waals surface area contributed by atoms with Crippen LogP contribution in [0.5, 0.6) is 0 Å². The Labute approximate surface area is 113 Å². The van der Waals surface area contributed by atoms with Crippen molar-refractivity contribution in [3.63, 3.8) is 0 Å². The van der Waals surface area contributed by atoms with Crippen molar-refractivity contribution in [1.82, 2.24) is 20.1 Å². The van der Waals surface area contributed by atoms with Crippen molar-refractivity contribution in [3.8, 4) is 0 Å². The van der Waals surface area contributed by atoms with E-state index in [4.69, 9.17) is 0 Å². The first kappa shape index (κ1) is 12.4. The van der Waals surface area contributed by atoms with Crippen molar-refractivity contribution in [3.05, 3.63) is 47.0 Å². The first-order chi connectivity index (χ1) is 9.20. The fourth-order valence-electron chi connectivity index (χ4n) is 2.20. The molecule has 19 heavy (non-hydrogen) atoms. The van der Waals surface area contributed by atoms with Gasteiger partial charge in [-0.1, -0.05) is 24.3 Å². The van der Waals surface area contributed by atoms with E-state index >= 15 is 0 Å². The molecule has 0 unspecified atom stereocenters. The number of nitrogens with zero attached hydrogens (tertiary/aromatic N) is 3. The molecule has 0 bridgehead atoms. The molecule has 1 N–H and O–H groups in total. The molecule has 1 aromatic carbocycles. The normalized spacial score (nSPS) is 14.8. The molecule has 1 fully saturated rings. The summed E-state index contributed by atoms with van der Waals surface area (Å²) in [5.74, 6) is 1.81. The number of hydrogen-bond donors (Lipinski definition) is 1. The number of aryl methyl sites for hydroxylation is 2. The fraction of sp³-hybridized carbons (Fsp3) is 0.467. The van der Waals surface area contributed by atoms with Gasteiger partial charge in [0, 0.05) is 12.6 Å². The summed E-state index contributed by atoms with van der Waals surface area (Å²) in [5, 5.41) is 7.92. The van der Waals surface area contributed by atoms with E-state index in [0.29, 0.717) is 0 Å². The number of rotatable bonds is 5. The maximum Gasteiger partial charge on any atom is 0.147 e. The SMILES string of the molecule is Cc1nc(C)n(Cc2ccc(CNC3CC3)cc2)n1. The second-order valence-corrected chi connectivity index (χ2v) is 5.34. The minimum atomic E-state index is 0.764. The molecule has 100 valence electrons. The third kappa shape index (κ3) is 3.20. The first-order valence-corrected chi connectivity index (χ1v) is 6.90. The van der Waals surface area contributed by atoms with Gasteiger partial charge in [0.25, 0.3) is 0 Å². The van der Waals surface area contributed by atoms with Gasteiger partial charge in [-0.05, 0) is 37.8 Å². The highest BCUT2D eigenvalue weighted by molar-refractivity contribution is 5.23. The topological polar surface area (TPSA) is 42.7 Å². The highest BCUT2D eigenvalue weighted by Gasteiger charge is 2.19. The lowest BCUT2D eigenvalue weighted by Crippen LogP contribution is -2.15. The molecule has 0 aliphatic heterocycles. The maximum atomic E-state index is 4.39. The van der Waals surface area contributed by atoms with Gasteiger partial charge in [-0.15, -0.1) is 0 Å². The average Bonchev–Trinajstić information content (AvgIpc) is 3.16. The van der Waals surface area contributed by atoms with Gasteiger partial charge < -0.3 is 5.32 Å². The highest BCUT2D eigenvalue weighted by Crippen LogP contribution is 2.19. The number of aromatic nitrogens is 3. The summed E-state index contributed by atoms with van der Waals surface area (Å²) in [6.45, 7) is 5.69. The Morgan fingerprint density at radius 3 is 2.42 bits per heavy atom. The lowest BCUT2D eigenvalue weighted by atomic mass is 10.1. The molecule has 1 saturated carbocycles. The molecule has 2 aromatic rings. The smallest absolute Gasteiger partial charge is 0.147 e. The van der Waals surface area contributed by atoms with Crippen molar-refractivity contribution in [2.45, 2.75) is 45.8 Å². The van der Waals surface area contributed by atoms with Gasteiger partial charge in [0.2, 0.25) is 0 Å². The van der Waals surface area contributed by atoms with Crippen LogP contribution >= 0.6 is 0 Å². The summed E-state index contributed by atoms with van der Waals surface area (Å²) in [5.41, 5.74) is 2.62. The highest BCUT2D eigenvalue weighted by atomic mass is 15.3. The Kier molecular flexibility index (Phi) is 3.34. The van der Waals surface area contributed by atoms with Crippen molar-refractivity contribution in [2.75, 3.05) is 0 Å². The van der Waals surface area contributed by atoms with E-state index in [1.54, 1.807) is 0 Å². The molecule has 4 nitrogen and oxygen atoms in total. The second-order valence-electron chi connectivity index (χ2n) is 5.34. The fourth-order valence-corrected chi connectivity index (χ4v) is 2.20. The van der Waals surface area contributed by atoms with Gasteiger partial charge in [0.05, 0.1) is 6.54 Å². The molecule has 1 heterocycles. The zero-order valence-electron chi connectivity index (χ0n) is 11.6. The van der Waals surface area contributed by atoms with Crippen LogP contribution in [0.4, 0.5) is 0 Å². The van der Waals surface area contributed by atoms with Gasteiger partial charge in [-0.2, -0.15) is 5.10 Å². The summed E-state index contributed by atoms with van der Waals surface area (Å²) < 4.78 is 1.95. The van der Waals surface area contributed by atoms with Crippen LogP contribution in [0.2, 0.25) is 0 Å². The molecule has 0 amide bonds. The molecule has 0 atom stereocenters. The van der Waals surface area contributed by atoms with Gasteiger partial charge in [0.1, 0.15) is 11.6 Å². The quantitative estimate of drug-likeness (QED) is 0.891. The molecule has 3 rings (SSSR count). The Balaban J connectivity index is 1.63. The van der Waals surface area contributed by atoms with Crippen LogP contribution in [0.1, 0.15) is 35.6 Å². The number of hydrogen-bond acceptors (Lipinski definition) is 3. The molecule has 1 aromatic heterocycles. The Morgan fingerprint density at radius 1 is 1.16 bits per heavy atom. The summed E-state index contributed by atoms with van der Waals surface area (Å²) >= 11 is 0. The third-order valence-corrected chi connectivity index (χ3v) is 3.49. The molecular formula is C15H20N4. The van der Waals surface area contributed by atoms with Gasteiger partial charge >= 0.3 is 0 Å². The summed E-state index contributed by atoms with van der Waals surface area (Å²) in [4.78, 5) is 4.32. The van der Waals surface area contributed by atoms with E-state index in [9.17, 15) is 0 Å². The molecular weight excluding hydrogens is 236 g/mol. The predicted octanol–water partition coefficient (Wildman–Crippen LogP) is 2.20. The van der Waals surface area contributed by atoms with E-state index in [1.165, 1.54) is 24.0 Å². The van der Waals surface area contributed by atoms with Crippen LogP contribution in [0.15, 0.2) is 24.3 Å². The third-order valence-electron chi connectivity index (χ3n) is 3.49. The molecule has 0 saturated heterocycles. The van der Waals surface area contributed by atoms with Crippen LogP contribution < -0.4 is 5.32 Å². The average molecular weight is 256 g/mol. The zero-order chi connectivity index (χ0) is 13.2. The van der Waals surface area contributed by atoms with Crippen molar-refractivity contribution in [2.24, 2.45) is 0 Å². The van der Waals surface area contributed by atoms with Crippen LogP contribution in [-0.2, 0) is 13.1 Å². The minimum absolute atomic E-state index is 0.764. The summed E-state index contributed by atoms with van der Waals surface area (Å²) in [7, 11) is 0. The van der Waals surface area contributed by atoms with Crippen LogP contribution in [0.25, 0.3) is 0 Å². The van der Waals surface area contributed by atoms with Crippen molar-refractivity contribution >= 4 is 0 Å². The summed E-state index contributed by atoms with van der Waals surface area (Å²) in [6.07, 6.45) is 2.67. The van der Waals surface area contributed by atoms with Crippen LogP contribution in [0, 0.1) is 13.8 Å². The van der Waals surface area contributed by atoms with Gasteiger partial charge in [0.15, 0.2) is 0 Å². The molecule has 1 aliphatic rings. The molecule has 4 heteroatoms. The largest absolute Gasteiger partial charge is 0.310 e. The molecule has 0 radical (unpaired) electrons. The Morgan fingerprint density at radius 2 is 1.84 bits per heavy atom. The minimum Gasteiger partial charge on any atom is -0.310 e. The second kappa shape index (κ2) is 5.13. The Bertz CT molecular complexity index is 552. The number of nitrogens with one attached hydrogen (secondary N) is 1. The van der Waals surface area contributed by atoms with Gasteiger partial charge in [-0.25, -0.2) is 9.67 Å². The van der Waals surface area contributed by atoms with E-state index in [1.807, 2.05) is 18.5 Å². The maximum absolute atomic E-state index is 4.39. The van der Waals surface area contributed by atoms with E-state index in [0.717, 1.165) is 30.8 Å².